The van der Waals surface area contributed by atoms with Crippen molar-refractivity contribution >= 4 is 44.8 Å². The minimum atomic E-state index is -0.994. The highest BCUT2D eigenvalue weighted by Crippen LogP contribution is 2.25. The molecule has 94 valence electrons. The second kappa shape index (κ2) is 5.73. The Kier molecular flexibility index (Phi) is 4.27. The van der Waals surface area contributed by atoms with Crippen LogP contribution >= 0.6 is 38.9 Å². The number of aromatic carboxylic acids is 1. The minimum Gasteiger partial charge on any atom is -0.488 e. The first-order valence-corrected chi connectivity index (χ1v) is 6.95. The Hall–Kier alpha value is -1.04. The highest BCUT2D eigenvalue weighted by molar-refractivity contribution is 9.10. The third-order valence-corrected chi connectivity index (χ3v) is 4.07. The van der Waals surface area contributed by atoms with Crippen LogP contribution in [0.15, 0.2) is 34.8 Å². The summed E-state index contributed by atoms with van der Waals surface area (Å²) in [6.45, 7) is 0.373. The van der Waals surface area contributed by atoms with Crippen LogP contribution in [0.4, 0.5) is 0 Å². The molecule has 1 aromatic heterocycles. The summed E-state index contributed by atoms with van der Waals surface area (Å²) in [5, 5.41) is 8.98. The van der Waals surface area contributed by atoms with Gasteiger partial charge in [-0.05, 0) is 46.3 Å². The summed E-state index contributed by atoms with van der Waals surface area (Å²) in [6, 6.07) is 8.53. The predicted octanol–water partition coefficient (Wildman–Crippen LogP) is 4.44. The number of thiophene rings is 1. The van der Waals surface area contributed by atoms with Gasteiger partial charge in [-0.3, -0.25) is 0 Å². The van der Waals surface area contributed by atoms with Crippen LogP contribution in [0.1, 0.15) is 15.2 Å². The fourth-order valence-electron chi connectivity index (χ4n) is 1.34. The zero-order chi connectivity index (χ0) is 13.1. The molecule has 1 aromatic carbocycles. The summed E-state index contributed by atoms with van der Waals surface area (Å²) in [6.07, 6.45) is 0. The van der Waals surface area contributed by atoms with E-state index in [9.17, 15) is 4.79 Å². The van der Waals surface area contributed by atoms with Crippen molar-refractivity contribution in [2.24, 2.45) is 0 Å². The lowest BCUT2D eigenvalue weighted by Crippen LogP contribution is -1.99. The molecule has 18 heavy (non-hydrogen) atoms. The van der Waals surface area contributed by atoms with E-state index in [1.54, 1.807) is 18.2 Å². The lowest BCUT2D eigenvalue weighted by Gasteiger charge is -2.06. The number of ether oxygens (including phenoxy) is 1. The Morgan fingerprint density at radius 2 is 2.17 bits per heavy atom. The molecule has 0 amide bonds. The van der Waals surface area contributed by atoms with Gasteiger partial charge in [0.2, 0.25) is 0 Å². The fourth-order valence-corrected chi connectivity index (χ4v) is 2.76. The molecule has 0 fully saturated rings. The zero-order valence-electron chi connectivity index (χ0n) is 9.02. The molecule has 0 saturated heterocycles. The minimum absolute atomic E-state index is 0.178. The smallest absolute Gasteiger partial charge is 0.336 e. The number of rotatable bonds is 4. The number of benzene rings is 1. The van der Waals surface area contributed by atoms with Crippen LogP contribution in [0, 0.1) is 0 Å². The Bertz CT molecular complexity index is 582. The summed E-state index contributed by atoms with van der Waals surface area (Å²) >= 11 is 10.4. The van der Waals surface area contributed by atoms with Crippen molar-refractivity contribution in [2.75, 3.05) is 0 Å². The van der Waals surface area contributed by atoms with E-state index in [-0.39, 0.29) is 5.56 Å². The van der Waals surface area contributed by atoms with E-state index < -0.39 is 5.97 Å². The van der Waals surface area contributed by atoms with Crippen LogP contribution in [-0.4, -0.2) is 11.1 Å². The van der Waals surface area contributed by atoms with Crippen molar-refractivity contribution in [3.63, 3.8) is 0 Å². The molecule has 0 atom stereocenters. The second-order valence-electron chi connectivity index (χ2n) is 3.44. The van der Waals surface area contributed by atoms with Gasteiger partial charge >= 0.3 is 5.97 Å². The van der Waals surface area contributed by atoms with Gasteiger partial charge in [0.1, 0.15) is 12.4 Å². The van der Waals surface area contributed by atoms with Crippen LogP contribution in [0.3, 0.4) is 0 Å². The van der Waals surface area contributed by atoms with Crippen LogP contribution < -0.4 is 4.74 Å². The first kappa shape index (κ1) is 13.4. The quantitative estimate of drug-likeness (QED) is 0.889. The van der Waals surface area contributed by atoms with E-state index >= 15 is 0 Å². The molecule has 2 aromatic rings. The number of carbonyl (C=O) groups is 1. The maximum Gasteiger partial charge on any atom is 0.336 e. The van der Waals surface area contributed by atoms with Crippen LogP contribution in [-0.2, 0) is 6.61 Å². The van der Waals surface area contributed by atoms with Crippen molar-refractivity contribution in [1.82, 2.24) is 0 Å². The van der Waals surface area contributed by atoms with E-state index in [0.717, 1.165) is 4.88 Å². The average molecular weight is 348 g/mol. The molecule has 0 unspecified atom stereocenters. The molecule has 2 rings (SSSR count). The molecular weight excluding hydrogens is 340 g/mol. The highest BCUT2D eigenvalue weighted by Gasteiger charge is 2.09. The van der Waals surface area contributed by atoms with Gasteiger partial charge in [0.05, 0.1) is 9.90 Å². The highest BCUT2D eigenvalue weighted by atomic mass is 79.9. The van der Waals surface area contributed by atoms with Gasteiger partial charge in [0, 0.05) is 9.35 Å². The van der Waals surface area contributed by atoms with Crippen molar-refractivity contribution < 1.29 is 14.6 Å². The van der Waals surface area contributed by atoms with E-state index in [1.165, 1.54) is 17.4 Å². The van der Waals surface area contributed by atoms with E-state index in [2.05, 4.69) is 15.9 Å². The third kappa shape index (κ3) is 3.25. The summed E-state index contributed by atoms with van der Waals surface area (Å²) in [4.78, 5) is 11.9. The van der Waals surface area contributed by atoms with E-state index in [0.29, 0.717) is 21.2 Å². The fraction of sp³-hybridized carbons (Fsp3) is 0.0833. The Labute approximate surface area is 121 Å². The third-order valence-electron chi connectivity index (χ3n) is 2.18. The molecule has 1 heterocycles. The normalized spacial score (nSPS) is 10.3. The van der Waals surface area contributed by atoms with Gasteiger partial charge in [-0.15, -0.1) is 11.3 Å². The molecule has 0 radical (unpaired) electrons. The monoisotopic (exact) mass is 346 g/mol. The first-order valence-electron chi connectivity index (χ1n) is 4.96. The SMILES string of the molecule is O=C(O)c1cc(OCc2ccc(Cl)s2)ccc1Br. The number of carboxylic acid groups (broad SMARTS) is 1. The maximum absolute atomic E-state index is 11.0. The molecule has 3 nitrogen and oxygen atoms in total. The molecule has 0 aliphatic rings. The maximum atomic E-state index is 11.0. The summed E-state index contributed by atoms with van der Waals surface area (Å²) in [5.74, 6) is -0.480. The van der Waals surface area contributed by atoms with Gasteiger partial charge in [-0.25, -0.2) is 4.79 Å². The molecule has 0 bridgehead atoms. The lowest BCUT2D eigenvalue weighted by atomic mass is 10.2. The van der Waals surface area contributed by atoms with Gasteiger partial charge < -0.3 is 9.84 Å². The van der Waals surface area contributed by atoms with Crippen molar-refractivity contribution in [1.29, 1.82) is 0 Å². The second-order valence-corrected chi connectivity index (χ2v) is 6.10. The molecular formula is C12H8BrClO3S. The van der Waals surface area contributed by atoms with Crippen molar-refractivity contribution in [3.05, 3.63) is 49.6 Å². The standard InChI is InChI=1S/C12H8BrClO3S/c13-10-3-1-7(5-9(10)12(15)16)17-6-8-2-4-11(14)18-8/h1-5H,6H2,(H,15,16). The summed E-state index contributed by atoms with van der Waals surface area (Å²) < 4.78 is 6.75. The van der Waals surface area contributed by atoms with Gasteiger partial charge in [-0.2, -0.15) is 0 Å². The average Bonchev–Trinajstić information content (AvgIpc) is 2.74. The molecule has 0 saturated carbocycles. The van der Waals surface area contributed by atoms with Crippen molar-refractivity contribution in [3.8, 4) is 5.75 Å². The van der Waals surface area contributed by atoms with Crippen LogP contribution in [0.5, 0.6) is 5.75 Å². The van der Waals surface area contributed by atoms with E-state index in [1.807, 2.05) is 6.07 Å². The molecule has 6 heteroatoms. The molecule has 0 aliphatic carbocycles. The number of halogens is 2. The molecule has 0 spiro atoms. The van der Waals surface area contributed by atoms with Gasteiger partial charge in [0.15, 0.2) is 0 Å². The Morgan fingerprint density at radius 3 is 2.78 bits per heavy atom. The number of hydrogen-bond donors (Lipinski definition) is 1. The first-order chi connectivity index (χ1) is 8.56. The van der Waals surface area contributed by atoms with Crippen LogP contribution in [0.25, 0.3) is 0 Å². The Morgan fingerprint density at radius 1 is 1.39 bits per heavy atom. The van der Waals surface area contributed by atoms with E-state index in [4.69, 9.17) is 21.4 Å². The van der Waals surface area contributed by atoms with Crippen molar-refractivity contribution in [2.45, 2.75) is 6.61 Å². The summed E-state index contributed by atoms with van der Waals surface area (Å²) in [7, 11) is 0. The number of carboxylic acids is 1. The topological polar surface area (TPSA) is 46.5 Å². The van der Waals surface area contributed by atoms with Gasteiger partial charge in [-0.1, -0.05) is 11.6 Å². The Balaban J connectivity index is 2.10. The molecule has 1 N–H and O–H groups in total. The largest absolute Gasteiger partial charge is 0.488 e. The van der Waals surface area contributed by atoms with Gasteiger partial charge in [0.25, 0.3) is 0 Å². The predicted molar refractivity (Wildman–Crippen MR) is 74.8 cm³/mol. The molecule has 0 aliphatic heterocycles. The summed E-state index contributed by atoms with van der Waals surface area (Å²) in [5.41, 5.74) is 0.178. The lowest BCUT2D eigenvalue weighted by molar-refractivity contribution is 0.0695. The zero-order valence-corrected chi connectivity index (χ0v) is 12.2. The van der Waals surface area contributed by atoms with Crippen LogP contribution in [0.2, 0.25) is 4.34 Å². The number of hydrogen-bond acceptors (Lipinski definition) is 3.